The standard InChI is InChI=1S/C19H22FNO3/c1-19(23,16-7-9-17(20)10-8-16)14-21-18(22)13-24-12-11-15-5-3-2-4-6-15/h2-10,23H,11-14H2,1H3,(H,21,22). The average Bonchev–Trinajstić information content (AvgIpc) is 2.58. The van der Waals surface area contributed by atoms with Crippen LogP contribution in [-0.2, 0) is 21.6 Å². The Kier molecular flexibility index (Phi) is 6.46. The number of benzene rings is 2. The van der Waals surface area contributed by atoms with Crippen LogP contribution in [0.5, 0.6) is 0 Å². The van der Waals surface area contributed by atoms with Crippen molar-refractivity contribution in [1.29, 1.82) is 0 Å². The molecule has 1 unspecified atom stereocenters. The zero-order valence-corrected chi connectivity index (χ0v) is 13.7. The van der Waals surface area contributed by atoms with Crippen LogP contribution in [0.4, 0.5) is 4.39 Å². The smallest absolute Gasteiger partial charge is 0.246 e. The third-order valence-electron chi connectivity index (χ3n) is 3.71. The van der Waals surface area contributed by atoms with Crippen molar-refractivity contribution in [1.82, 2.24) is 5.32 Å². The Morgan fingerprint density at radius 2 is 1.83 bits per heavy atom. The van der Waals surface area contributed by atoms with Gasteiger partial charge in [0.2, 0.25) is 5.91 Å². The minimum absolute atomic E-state index is 0.0273. The van der Waals surface area contributed by atoms with Crippen molar-refractivity contribution in [3.05, 3.63) is 71.5 Å². The molecule has 0 saturated carbocycles. The molecular weight excluding hydrogens is 309 g/mol. The SMILES string of the molecule is CC(O)(CNC(=O)COCCc1ccccc1)c1ccc(F)cc1. The highest BCUT2D eigenvalue weighted by molar-refractivity contribution is 5.77. The van der Waals surface area contributed by atoms with Gasteiger partial charge in [-0.1, -0.05) is 42.5 Å². The van der Waals surface area contributed by atoms with E-state index in [1.807, 2.05) is 30.3 Å². The van der Waals surface area contributed by atoms with Crippen LogP contribution in [0.2, 0.25) is 0 Å². The molecule has 0 heterocycles. The molecule has 4 nitrogen and oxygen atoms in total. The summed E-state index contributed by atoms with van der Waals surface area (Å²) in [5.41, 5.74) is 0.416. The highest BCUT2D eigenvalue weighted by atomic mass is 19.1. The highest BCUT2D eigenvalue weighted by Crippen LogP contribution is 2.19. The van der Waals surface area contributed by atoms with Crippen LogP contribution < -0.4 is 5.32 Å². The van der Waals surface area contributed by atoms with Gasteiger partial charge in [0.25, 0.3) is 0 Å². The maximum absolute atomic E-state index is 12.9. The lowest BCUT2D eigenvalue weighted by molar-refractivity contribution is -0.126. The summed E-state index contributed by atoms with van der Waals surface area (Å²) in [4.78, 5) is 11.8. The summed E-state index contributed by atoms with van der Waals surface area (Å²) in [7, 11) is 0. The lowest BCUT2D eigenvalue weighted by Crippen LogP contribution is -2.40. The molecule has 24 heavy (non-hydrogen) atoms. The van der Waals surface area contributed by atoms with E-state index in [0.29, 0.717) is 12.2 Å². The maximum Gasteiger partial charge on any atom is 0.246 e. The van der Waals surface area contributed by atoms with E-state index in [2.05, 4.69) is 5.32 Å². The molecule has 0 radical (unpaired) electrons. The first kappa shape index (κ1) is 18.1. The van der Waals surface area contributed by atoms with E-state index in [1.54, 1.807) is 6.92 Å². The summed E-state index contributed by atoms with van der Waals surface area (Å²) in [6.07, 6.45) is 0.738. The fraction of sp³-hybridized carbons (Fsp3) is 0.316. The molecule has 2 rings (SSSR count). The minimum Gasteiger partial charge on any atom is -0.384 e. The third-order valence-corrected chi connectivity index (χ3v) is 3.71. The average molecular weight is 331 g/mol. The van der Waals surface area contributed by atoms with Crippen LogP contribution in [-0.4, -0.2) is 30.8 Å². The molecule has 5 heteroatoms. The van der Waals surface area contributed by atoms with Crippen LogP contribution >= 0.6 is 0 Å². The number of amides is 1. The second-order valence-corrected chi connectivity index (χ2v) is 5.85. The number of ether oxygens (including phenoxy) is 1. The maximum atomic E-state index is 12.9. The Labute approximate surface area is 141 Å². The van der Waals surface area contributed by atoms with Gasteiger partial charge in [-0.25, -0.2) is 4.39 Å². The summed E-state index contributed by atoms with van der Waals surface area (Å²) in [6, 6.07) is 15.4. The molecule has 2 N–H and O–H groups in total. The van der Waals surface area contributed by atoms with Crippen molar-refractivity contribution in [3.63, 3.8) is 0 Å². The topological polar surface area (TPSA) is 58.6 Å². The van der Waals surface area contributed by atoms with Crippen LogP contribution in [0.3, 0.4) is 0 Å². The van der Waals surface area contributed by atoms with Gasteiger partial charge in [0.05, 0.1) is 13.2 Å². The van der Waals surface area contributed by atoms with Crippen molar-refractivity contribution in [3.8, 4) is 0 Å². The zero-order chi connectivity index (χ0) is 17.4. The predicted molar refractivity (Wildman–Crippen MR) is 89.9 cm³/mol. The van der Waals surface area contributed by atoms with Crippen LogP contribution in [0.15, 0.2) is 54.6 Å². The van der Waals surface area contributed by atoms with Crippen molar-refractivity contribution in [2.24, 2.45) is 0 Å². The number of carbonyl (C=O) groups is 1. The van der Waals surface area contributed by atoms with Gasteiger partial charge in [0, 0.05) is 0 Å². The summed E-state index contributed by atoms with van der Waals surface area (Å²) in [5, 5.41) is 13.0. The van der Waals surface area contributed by atoms with Gasteiger partial charge in [0.1, 0.15) is 18.0 Å². The van der Waals surface area contributed by atoms with Gasteiger partial charge in [-0.2, -0.15) is 0 Å². The van der Waals surface area contributed by atoms with E-state index in [-0.39, 0.29) is 24.9 Å². The van der Waals surface area contributed by atoms with Crippen LogP contribution in [0.25, 0.3) is 0 Å². The minimum atomic E-state index is -1.27. The fourth-order valence-corrected chi connectivity index (χ4v) is 2.23. The molecule has 1 amide bonds. The quantitative estimate of drug-likeness (QED) is 0.730. The van der Waals surface area contributed by atoms with Gasteiger partial charge in [-0.3, -0.25) is 4.79 Å². The lowest BCUT2D eigenvalue weighted by Gasteiger charge is -2.24. The molecular formula is C19H22FNO3. The van der Waals surface area contributed by atoms with Crippen LogP contribution in [0, 0.1) is 5.82 Å². The van der Waals surface area contributed by atoms with Gasteiger partial charge in [-0.15, -0.1) is 0 Å². The molecule has 0 fully saturated rings. The normalized spacial score (nSPS) is 13.3. The number of halogens is 1. The van der Waals surface area contributed by atoms with Gasteiger partial charge in [0.15, 0.2) is 0 Å². The summed E-state index contributed by atoms with van der Waals surface area (Å²) < 4.78 is 18.3. The monoisotopic (exact) mass is 331 g/mol. The van der Waals surface area contributed by atoms with E-state index >= 15 is 0 Å². The van der Waals surface area contributed by atoms with E-state index in [4.69, 9.17) is 4.74 Å². The number of hydrogen-bond donors (Lipinski definition) is 2. The molecule has 2 aromatic carbocycles. The fourth-order valence-electron chi connectivity index (χ4n) is 2.23. The zero-order valence-electron chi connectivity index (χ0n) is 13.7. The largest absolute Gasteiger partial charge is 0.384 e. The molecule has 1 atom stereocenters. The number of carbonyl (C=O) groups excluding carboxylic acids is 1. The Morgan fingerprint density at radius 3 is 2.50 bits per heavy atom. The van der Waals surface area contributed by atoms with Crippen molar-refractivity contribution in [2.75, 3.05) is 19.8 Å². The van der Waals surface area contributed by atoms with E-state index in [0.717, 1.165) is 12.0 Å². The number of aliphatic hydroxyl groups is 1. The first-order chi connectivity index (χ1) is 11.5. The molecule has 0 aliphatic carbocycles. The molecule has 0 aliphatic rings. The number of nitrogens with one attached hydrogen (secondary N) is 1. The number of rotatable bonds is 8. The van der Waals surface area contributed by atoms with Crippen molar-refractivity contribution in [2.45, 2.75) is 18.9 Å². The first-order valence-corrected chi connectivity index (χ1v) is 7.84. The van der Waals surface area contributed by atoms with E-state index in [9.17, 15) is 14.3 Å². The van der Waals surface area contributed by atoms with Crippen molar-refractivity contribution >= 4 is 5.91 Å². The molecule has 0 saturated heterocycles. The summed E-state index contributed by atoms with van der Waals surface area (Å²) >= 11 is 0. The molecule has 0 bridgehead atoms. The first-order valence-electron chi connectivity index (χ1n) is 7.84. The Morgan fingerprint density at radius 1 is 1.17 bits per heavy atom. The summed E-state index contributed by atoms with van der Waals surface area (Å²) in [6.45, 7) is 1.98. The molecule has 0 spiro atoms. The highest BCUT2D eigenvalue weighted by Gasteiger charge is 2.23. The van der Waals surface area contributed by atoms with Gasteiger partial charge < -0.3 is 15.2 Å². The van der Waals surface area contributed by atoms with E-state index < -0.39 is 5.60 Å². The Hall–Kier alpha value is -2.24. The Balaban J connectivity index is 1.69. The van der Waals surface area contributed by atoms with Gasteiger partial charge in [-0.05, 0) is 36.6 Å². The molecule has 128 valence electrons. The summed E-state index contributed by atoms with van der Waals surface area (Å²) in [5.74, 6) is -0.671. The lowest BCUT2D eigenvalue weighted by atomic mass is 9.96. The third kappa shape index (κ3) is 5.76. The van der Waals surface area contributed by atoms with Gasteiger partial charge >= 0.3 is 0 Å². The van der Waals surface area contributed by atoms with Crippen molar-refractivity contribution < 1.29 is 19.0 Å². The second-order valence-electron chi connectivity index (χ2n) is 5.85. The predicted octanol–water partition coefficient (Wildman–Crippen LogP) is 2.41. The van der Waals surface area contributed by atoms with Crippen LogP contribution in [0.1, 0.15) is 18.1 Å². The second kappa shape index (κ2) is 8.57. The number of hydrogen-bond acceptors (Lipinski definition) is 3. The van der Waals surface area contributed by atoms with E-state index in [1.165, 1.54) is 24.3 Å². The molecule has 0 aliphatic heterocycles. The Bertz CT molecular complexity index is 641. The molecule has 0 aromatic heterocycles. The molecule has 2 aromatic rings.